The van der Waals surface area contributed by atoms with E-state index in [2.05, 4.69) is 10.6 Å². The van der Waals surface area contributed by atoms with Gasteiger partial charge in [-0.1, -0.05) is 0 Å². The van der Waals surface area contributed by atoms with Crippen molar-refractivity contribution in [2.24, 2.45) is 10.6 Å². The Labute approximate surface area is 88.7 Å². The standard InChI is InChI=1S/C4H8N2O.C4H9N.HNO2/c7-5-6-3-1-2-4-6;1-2-4-5-3-1;2-1-3/h1-4H2;5H,1-4H2;(H,2,3). The van der Waals surface area contributed by atoms with Crippen molar-refractivity contribution in [1.29, 1.82) is 0 Å². The normalized spacial score (nSPS) is 18.3. The molecule has 0 spiro atoms. The van der Waals surface area contributed by atoms with Crippen molar-refractivity contribution in [1.82, 2.24) is 10.3 Å². The van der Waals surface area contributed by atoms with Crippen LogP contribution in [-0.2, 0) is 0 Å². The maximum absolute atomic E-state index is 9.68. The second-order valence-electron chi connectivity index (χ2n) is 3.28. The molecule has 0 atom stereocenters. The molecule has 7 heteroatoms. The molecule has 0 aliphatic carbocycles. The first-order valence-corrected chi connectivity index (χ1v) is 5.10. The number of nitrogens with zero attached hydrogens (tertiary/aromatic N) is 3. The molecule has 0 bridgehead atoms. The van der Waals surface area contributed by atoms with Gasteiger partial charge in [-0.05, 0) is 38.8 Å². The highest BCUT2D eigenvalue weighted by Gasteiger charge is 2.08. The molecule has 2 heterocycles. The first-order chi connectivity index (χ1) is 7.35. The molecule has 2 fully saturated rings. The van der Waals surface area contributed by atoms with Crippen LogP contribution in [0.15, 0.2) is 10.6 Å². The Morgan fingerprint density at radius 3 is 1.67 bits per heavy atom. The van der Waals surface area contributed by atoms with Gasteiger partial charge in [-0.2, -0.15) is 0 Å². The quantitative estimate of drug-likeness (QED) is 0.510. The summed E-state index contributed by atoms with van der Waals surface area (Å²) in [5.74, 6) is 0. The number of hydrogen-bond donors (Lipinski definition) is 2. The lowest BCUT2D eigenvalue weighted by molar-refractivity contribution is 0.312. The SMILES string of the molecule is C1CCNC1.O=NN1CCCC1.O=NO. The molecule has 2 N–H and O–H groups in total. The lowest BCUT2D eigenvalue weighted by atomic mass is 10.4. The van der Waals surface area contributed by atoms with Gasteiger partial charge in [0.1, 0.15) is 0 Å². The highest BCUT2D eigenvalue weighted by molar-refractivity contribution is 4.59. The van der Waals surface area contributed by atoms with Crippen molar-refractivity contribution in [3.8, 4) is 0 Å². The maximum Gasteiger partial charge on any atom is 0.152 e. The lowest BCUT2D eigenvalue weighted by Crippen LogP contribution is -2.08. The predicted octanol–water partition coefficient (Wildman–Crippen LogP) is 1.28. The summed E-state index contributed by atoms with van der Waals surface area (Å²) in [5.41, 5.74) is 0. The smallest absolute Gasteiger partial charge is 0.152 e. The summed E-state index contributed by atoms with van der Waals surface area (Å²) >= 11 is 0. The van der Waals surface area contributed by atoms with Crippen LogP contribution in [0.5, 0.6) is 0 Å². The first-order valence-electron chi connectivity index (χ1n) is 5.10. The molecule has 2 aliphatic rings. The number of rotatable bonds is 1. The number of nitrogens with one attached hydrogen (secondary N) is 1. The zero-order chi connectivity index (χ0) is 11.4. The third-order valence-electron chi connectivity index (χ3n) is 2.16. The summed E-state index contributed by atoms with van der Waals surface area (Å²) < 4.78 is 0. The fourth-order valence-electron chi connectivity index (χ4n) is 1.41. The molecule has 0 unspecified atom stereocenters. The minimum absolute atomic E-state index is 0.865. The average Bonchev–Trinajstić information content (AvgIpc) is 2.96. The van der Waals surface area contributed by atoms with Gasteiger partial charge in [0.15, 0.2) is 5.34 Å². The van der Waals surface area contributed by atoms with Gasteiger partial charge in [-0.25, -0.2) is 0 Å². The van der Waals surface area contributed by atoms with Gasteiger partial charge in [0.2, 0.25) is 0 Å². The van der Waals surface area contributed by atoms with E-state index in [1.54, 1.807) is 5.01 Å². The van der Waals surface area contributed by atoms with Gasteiger partial charge >= 0.3 is 0 Å². The Balaban J connectivity index is 0.000000216. The average molecular weight is 218 g/mol. The summed E-state index contributed by atoms with van der Waals surface area (Å²) in [6, 6.07) is 0. The molecule has 0 aromatic heterocycles. The number of nitroso groups, excluding NO2 is 1. The summed E-state index contributed by atoms with van der Waals surface area (Å²) in [7, 11) is 0. The third-order valence-corrected chi connectivity index (χ3v) is 2.16. The lowest BCUT2D eigenvalue weighted by Gasteiger charge is -2.00. The molecule has 0 amide bonds. The Kier molecular flexibility index (Phi) is 9.94. The molecule has 88 valence electrons. The van der Waals surface area contributed by atoms with Crippen LogP contribution in [0.4, 0.5) is 0 Å². The molecule has 0 radical (unpaired) electrons. The van der Waals surface area contributed by atoms with Crippen LogP contribution in [-0.4, -0.2) is 36.4 Å². The van der Waals surface area contributed by atoms with E-state index in [0.717, 1.165) is 25.9 Å². The number of hydrogen-bond acceptors (Lipinski definition) is 5. The summed E-state index contributed by atoms with van der Waals surface area (Å²) in [5, 5.41) is 15.4. The van der Waals surface area contributed by atoms with Crippen molar-refractivity contribution >= 4 is 0 Å². The van der Waals surface area contributed by atoms with E-state index in [9.17, 15) is 4.91 Å². The Hall–Kier alpha value is -1.24. The molecule has 2 saturated heterocycles. The van der Waals surface area contributed by atoms with Crippen LogP contribution >= 0.6 is 0 Å². The van der Waals surface area contributed by atoms with E-state index in [0.29, 0.717) is 0 Å². The predicted molar refractivity (Wildman–Crippen MR) is 56.3 cm³/mol. The molecule has 15 heavy (non-hydrogen) atoms. The highest BCUT2D eigenvalue weighted by atomic mass is 16.6. The fraction of sp³-hybridized carbons (Fsp3) is 1.00. The summed E-state index contributed by atoms with van der Waals surface area (Å²) in [4.78, 5) is 17.8. The van der Waals surface area contributed by atoms with Gasteiger partial charge in [-0.15, -0.1) is 9.81 Å². The van der Waals surface area contributed by atoms with Gasteiger partial charge in [0, 0.05) is 13.1 Å². The summed E-state index contributed by atoms with van der Waals surface area (Å²) in [6.07, 6.45) is 5.04. The zero-order valence-corrected chi connectivity index (χ0v) is 8.76. The van der Waals surface area contributed by atoms with E-state index in [1.807, 2.05) is 0 Å². The van der Waals surface area contributed by atoms with E-state index in [4.69, 9.17) is 10.1 Å². The molecule has 0 aromatic rings. The molecule has 0 saturated carbocycles. The van der Waals surface area contributed by atoms with E-state index in [1.165, 1.54) is 31.3 Å². The molecular weight excluding hydrogens is 200 g/mol. The second-order valence-corrected chi connectivity index (χ2v) is 3.28. The second kappa shape index (κ2) is 10.8. The van der Waals surface area contributed by atoms with Crippen LogP contribution in [0.2, 0.25) is 0 Å². The molecule has 0 aromatic carbocycles. The van der Waals surface area contributed by atoms with Crippen LogP contribution in [0, 0.1) is 9.81 Å². The first kappa shape index (κ1) is 13.8. The van der Waals surface area contributed by atoms with Crippen molar-refractivity contribution < 1.29 is 5.21 Å². The molecular formula is C8H18N4O3. The van der Waals surface area contributed by atoms with E-state index in [-0.39, 0.29) is 0 Å². The zero-order valence-electron chi connectivity index (χ0n) is 8.76. The third kappa shape index (κ3) is 9.07. The molecule has 2 aliphatic heterocycles. The van der Waals surface area contributed by atoms with Gasteiger partial charge < -0.3 is 10.5 Å². The van der Waals surface area contributed by atoms with E-state index < -0.39 is 0 Å². The molecule has 7 nitrogen and oxygen atoms in total. The summed E-state index contributed by atoms with van der Waals surface area (Å²) in [6.45, 7) is 4.23. The maximum atomic E-state index is 9.68. The fourth-order valence-corrected chi connectivity index (χ4v) is 1.41. The Morgan fingerprint density at radius 2 is 1.47 bits per heavy atom. The van der Waals surface area contributed by atoms with Crippen LogP contribution < -0.4 is 5.32 Å². The Bertz CT molecular complexity index is 150. The molecule has 2 rings (SSSR count). The van der Waals surface area contributed by atoms with Crippen molar-refractivity contribution in [2.75, 3.05) is 26.2 Å². The van der Waals surface area contributed by atoms with Crippen molar-refractivity contribution in [2.45, 2.75) is 25.7 Å². The topological polar surface area (TPSA) is 94.4 Å². The minimum atomic E-state index is 0.865. The minimum Gasteiger partial charge on any atom is -0.379 e. The van der Waals surface area contributed by atoms with Crippen LogP contribution in [0.1, 0.15) is 25.7 Å². The van der Waals surface area contributed by atoms with Gasteiger partial charge in [0.05, 0.1) is 5.29 Å². The van der Waals surface area contributed by atoms with Gasteiger partial charge in [0.25, 0.3) is 0 Å². The highest BCUT2D eigenvalue weighted by Crippen LogP contribution is 2.05. The van der Waals surface area contributed by atoms with E-state index >= 15 is 0 Å². The van der Waals surface area contributed by atoms with Crippen molar-refractivity contribution in [3.05, 3.63) is 9.81 Å². The Morgan fingerprint density at radius 1 is 1.00 bits per heavy atom. The van der Waals surface area contributed by atoms with Gasteiger partial charge in [-0.3, -0.25) is 5.01 Å². The van der Waals surface area contributed by atoms with Crippen LogP contribution in [0.25, 0.3) is 0 Å². The van der Waals surface area contributed by atoms with Crippen molar-refractivity contribution in [3.63, 3.8) is 0 Å². The van der Waals surface area contributed by atoms with Crippen LogP contribution in [0.3, 0.4) is 0 Å². The monoisotopic (exact) mass is 218 g/mol. The largest absolute Gasteiger partial charge is 0.379 e.